The fourth-order valence-corrected chi connectivity index (χ4v) is 1.72. The van der Waals surface area contributed by atoms with Crippen molar-refractivity contribution in [3.05, 3.63) is 47.5 Å². The summed E-state index contributed by atoms with van der Waals surface area (Å²) in [5.41, 5.74) is 5.84. The summed E-state index contributed by atoms with van der Waals surface area (Å²) in [6.07, 6.45) is -2.70. The first-order chi connectivity index (χ1) is 8.41. The molecule has 2 rings (SSSR count). The van der Waals surface area contributed by atoms with Crippen molar-refractivity contribution in [1.82, 2.24) is 9.55 Å². The van der Waals surface area contributed by atoms with Gasteiger partial charge in [-0.05, 0) is 25.1 Å². The number of aromatic nitrogens is 2. The van der Waals surface area contributed by atoms with Gasteiger partial charge in [0.1, 0.15) is 5.82 Å². The summed E-state index contributed by atoms with van der Waals surface area (Å²) in [6.45, 7) is 1.98. The number of imidazole rings is 1. The highest BCUT2D eigenvalue weighted by atomic mass is 19.4. The van der Waals surface area contributed by atoms with Crippen molar-refractivity contribution in [2.75, 3.05) is 0 Å². The maximum Gasteiger partial charge on any atom is 0.416 e. The third-order valence-corrected chi connectivity index (χ3v) is 2.59. The van der Waals surface area contributed by atoms with Crippen molar-refractivity contribution >= 4 is 0 Å². The molecule has 0 spiro atoms. The minimum atomic E-state index is -4.35. The summed E-state index contributed by atoms with van der Waals surface area (Å²) in [4.78, 5) is 4.15. The molecule has 2 N–H and O–H groups in total. The van der Waals surface area contributed by atoms with Gasteiger partial charge in [-0.25, -0.2) is 4.98 Å². The van der Waals surface area contributed by atoms with Gasteiger partial charge in [-0.3, -0.25) is 0 Å². The normalized spacial score (nSPS) is 11.8. The topological polar surface area (TPSA) is 43.8 Å². The van der Waals surface area contributed by atoms with Crippen LogP contribution in [0.1, 0.15) is 17.1 Å². The number of hydrogen-bond donors (Lipinski definition) is 1. The van der Waals surface area contributed by atoms with E-state index in [0.717, 1.165) is 12.1 Å². The van der Waals surface area contributed by atoms with Crippen molar-refractivity contribution in [2.45, 2.75) is 19.6 Å². The second-order valence-electron chi connectivity index (χ2n) is 3.90. The first-order valence-electron chi connectivity index (χ1n) is 5.34. The van der Waals surface area contributed by atoms with Crippen molar-refractivity contribution in [3.63, 3.8) is 0 Å². The molecule has 1 aromatic heterocycles. The van der Waals surface area contributed by atoms with Gasteiger partial charge >= 0.3 is 6.18 Å². The second-order valence-corrected chi connectivity index (χ2v) is 3.90. The van der Waals surface area contributed by atoms with Crippen LogP contribution in [0, 0.1) is 6.92 Å². The molecule has 18 heavy (non-hydrogen) atoms. The number of hydrogen-bond acceptors (Lipinski definition) is 2. The average molecular weight is 255 g/mol. The molecule has 0 amide bonds. The first-order valence-corrected chi connectivity index (χ1v) is 5.34. The van der Waals surface area contributed by atoms with Crippen LogP contribution in [-0.2, 0) is 12.7 Å². The van der Waals surface area contributed by atoms with E-state index in [1.807, 2.05) is 0 Å². The Kier molecular flexibility index (Phi) is 3.13. The van der Waals surface area contributed by atoms with Gasteiger partial charge in [0.05, 0.1) is 11.3 Å². The van der Waals surface area contributed by atoms with Crippen LogP contribution in [0.2, 0.25) is 0 Å². The zero-order valence-electron chi connectivity index (χ0n) is 9.70. The number of rotatable bonds is 2. The monoisotopic (exact) mass is 255 g/mol. The van der Waals surface area contributed by atoms with Gasteiger partial charge in [0.25, 0.3) is 0 Å². The maximum absolute atomic E-state index is 12.6. The van der Waals surface area contributed by atoms with E-state index in [0.29, 0.717) is 17.2 Å². The van der Waals surface area contributed by atoms with E-state index in [4.69, 9.17) is 5.73 Å². The van der Waals surface area contributed by atoms with Gasteiger partial charge in [-0.1, -0.05) is 6.07 Å². The quantitative estimate of drug-likeness (QED) is 0.896. The van der Waals surface area contributed by atoms with Gasteiger partial charge < -0.3 is 10.3 Å². The summed E-state index contributed by atoms with van der Waals surface area (Å²) in [6, 6.07) is 5.11. The molecular formula is C12H12F3N3. The zero-order chi connectivity index (χ0) is 13.3. The standard InChI is InChI=1S/C12H12F3N3/c1-8-17-10(6-16)7-18(8)11-4-2-3-9(5-11)12(13,14)15/h2-5,7H,6,16H2,1H3. The Labute approximate surface area is 102 Å². The molecule has 2 aromatic rings. The van der Waals surface area contributed by atoms with E-state index in [-0.39, 0.29) is 6.54 Å². The Morgan fingerprint density at radius 1 is 1.33 bits per heavy atom. The molecule has 0 atom stereocenters. The molecule has 0 saturated heterocycles. The summed E-state index contributed by atoms with van der Waals surface area (Å²) in [7, 11) is 0. The fraction of sp³-hybridized carbons (Fsp3) is 0.250. The van der Waals surface area contributed by atoms with Crippen LogP contribution >= 0.6 is 0 Å². The van der Waals surface area contributed by atoms with Crippen molar-refractivity contribution in [1.29, 1.82) is 0 Å². The number of alkyl halides is 3. The van der Waals surface area contributed by atoms with Crippen LogP contribution in [0.4, 0.5) is 13.2 Å². The van der Waals surface area contributed by atoms with Crippen LogP contribution in [0.15, 0.2) is 30.5 Å². The molecule has 1 aromatic carbocycles. The lowest BCUT2D eigenvalue weighted by Gasteiger charge is -2.10. The second kappa shape index (κ2) is 4.45. The smallest absolute Gasteiger partial charge is 0.325 e. The predicted octanol–water partition coefficient (Wildman–Crippen LogP) is 2.66. The molecule has 0 aliphatic heterocycles. The third kappa shape index (κ3) is 2.38. The molecule has 1 heterocycles. The largest absolute Gasteiger partial charge is 0.416 e. The summed E-state index contributed by atoms with van der Waals surface area (Å²) < 4.78 is 39.4. The lowest BCUT2D eigenvalue weighted by molar-refractivity contribution is -0.137. The van der Waals surface area contributed by atoms with Crippen LogP contribution in [0.3, 0.4) is 0 Å². The lowest BCUT2D eigenvalue weighted by atomic mass is 10.2. The Balaban J connectivity index is 2.47. The number of halogens is 3. The molecule has 0 saturated carbocycles. The molecule has 0 aliphatic rings. The van der Waals surface area contributed by atoms with Gasteiger partial charge in [-0.15, -0.1) is 0 Å². The molecule has 96 valence electrons. The third-order valence-electron chi connectivity index (χ3n) is 2.59. The van der Waals surface area contributed by atoms with E-state index in [2.05, 4.69) is 4.98 Å². The number of benzene rings is 1. The molecule has 0 aliphatic carbocycles. The first kappa shape index (κ1) is 12.6. The number of nitrogens with zero attached hydrogens (tertiary/aromatic N) is 2. The van der Waals surface area contributed by atoms with E-state index >= 15 is 0 Å². The number of nitrogens with two attached hydrogens (primary N) is 1. The Morgan fingerprint density at radius 2 is 2.06 bits per heavy atom. The van der Waals surface area contributed by atoms with Gasteiger partial charge in [-0.2, -0.15) is 13.2 Å². The summed E-state index contributed by atoms with van der Waals surface area (Å²) >= 11 is 0. The molecule has 0 fully saturated rings. The van der Waals surface area contributed by atoms with E-state index < -0.39 is 11.7 Å². The molecule has 0 unspecified atom stereocenters. The summed E-state index contributed by atoms with van der Waals surface area (Å²) in [5, 5.41) is 0. The van der Waals surface area contributed by atoms with Gasteiger partial charge in [0.15, 0.2) is 0 Å². The lowest BCUT2D eigenvalue weighted by Crippen LogP contribution is -2.06. The van der Waals surface area contributed by atoms with Crippen LogP contribution in [0.25, 0.3) is 5.69 Å². The minimum absolute atomic E-state index is 0.257. The van der Waals surface area contributed by atoms with Gasteiger partial charge in [0, 0.05) is 18.4 Å². The van der Waals surface area contributed by atoms with Gasteiger partial charge in [0.2, 0.25) is 0 Å². The highest BCUT2D eigenvalue weighted by Crippen LogP contribution is 2.30. The highest BCUT2D eigenvalue weighted by molar-refractivity contribution is 5.38. The highest BCUT2D eigenvalue weighted by Gasteiger charge is 2.30. The Bertz CT molecular complexity index is 558. The fourth-order valence-electron chi connectivity index (χ4n) is 1.72. The van der Waals surface area contributed by atoms with Crippen LogP contribution in [-0.4, -0.2) is 9.55 Å². The number of aryl methyl sites for hydroxylation is 1. The average Bonchev–Trinajstić information content (AvgIpc) is 2.70. The molecule has 0 radical (unpaired) electrons. The van der Waals surface area contributed by atoms with E-state index in [1.54, 1.807) is 23.8 Å². The molecule has 0 bridgehead atoms. The Hall–Kier alpha value is -1.82. The van der Waals surface area contributed by atoms with Crippen molar-refractivity contribution in [3.8, 4) is 5.69 Å². The maximum atomic E-state index is 12.6. The molecular weight excluding hydrogens is 243 g/mol. The minimum Gasteiger partial charge on any atom is -0.325 e. The zero-order valence-corrected chi connectivity index (χ0v) is 9.70. The van der Waals surface area contributed by atoms with E-state index in [1.165, 1.54) is 6.07 Å². The summed E-state index contributed by atoms with van der Waals surface area (Å²) in [5.74, 6) is 0.606. The molecule has 6 heteroatoms. The predicted molar refractivity (Wildman–Crippen MR) is 61.2 cm³/mol. The van der Waals surface area contributed by atoms with Crippen LogP contribution in [0.5, 0.6) is 0 Å². The van der Waals surface area contributed by atoms with Crippen molar-refractivity contribution < 1.29 is 13.2 Å². The van der Waals surface area contributed by atoms with Crippen LogP contribution < -0.4 is 5.73 Å². The van der Waals surface area contributed by atoms with Crippen molar-refractivity contribution in [2.24, 2.45) is 5.73 Å². The molecule has 3 nitrogen and oxygen atoms in total. The SMILES string of the molecule is Cc1nc(CN)cn1-c1cccc(C(F)(F)F)c1. The Morgan fingerprint density at radius 3 is 2.61 bits per heavy atom. The van der Waals surface area contributed by atoms with E-state index in [9.17, 15) is 13.2 Å².